The molecule has 5 heteroatoms. The van der Waals surface area contributed by atoms with E-state index >= 15 is 0 Å². The molecule has 0 radical (unpaired) electrons. The molecule has 1 aliphatic carbocycles. The summed E-state index contributed by atoms with van der Waals surface area (Å²) in [5, 5.41) is 2.98. The van der Waals surface area contributed by atoms with Crippen LogP contribution in [0.15, 0.2) is 0 Å². The van der Waals surface area contributed by atoms with Gasteiger partial charge in [0.05, 0.1) is 10.7 Å². The zero-order chi connectivity index (χ0) is 10.6. The number of rotatable bonds is 4. The number of hydrogen-bond donors (Lipinski definition) is 2. The lowest BCUT2D eigenvalue weighted by Crippen LogP contribution is -2.42. The summed E-state index contributed by atoms with van der Waals surface area (Å²) in [5.74, 6) is 0.807. The normalized spacial score (nSPS) is 26.1. The van der Waals surface area contributed by atoms with Gasteiger partial charge < -0.3 is 11.1 Å². The van der Waals surface area contributed by atoms with Crippen LogP contribution in [0, 0.1) is 5.92 Å². The first-order valence-corrected chi connectivity index (χ1v) is 6.53. The van der Waals surface area contributed by atoms with Crippen molar-refractivity contribution in [3.8, 4) is 0 Å². The Labute approximate surface area is 94.2 Å². The quantitative estimate of drug-likeness (QED) is 0.708. The molecule has 1 rings (SSSR count). The van der Waals surface area contributed by atoms with E-state index in [0.717, 1.165) is 19.3 Å². The summed E-state index contributed by atoms with van der Waals surface area (Å²) in [7, 11) is 0. The Morgan fingerprint density at radius 1 is 1.64 bits per heavy atom. The second-order valence-corrected chi connectivity index (χ2v) is 4.88. The van der Waals surface area contributed by atoms with E-state index in [2.05, 4.69) is 5.32 Å². The van der Waals surface area contributed by atoms with Gasteiger partial charge in [0.2, 0.25) is 5.91 Å². The molecular formula is C9H16N2OS2. The first kappa shape index (κ1) is 11.8. The maximum Gasteiger partial charge on any atom is 0.230 e. The molecule has 2 unspecified atom stereocenters. The third kappa shape index (κ3) is 3.13. The molecule has 0 saturated heterocycles. The zero-order valence-corrected chi connectivity index (χ0v) is 9.92. The second kappa shape index (κ2) is 5.56. The molecule has 1 aliphatic rings. The van der Waals surface area contributed by atoms with E-state index in [-0.39, 0.29) is 17.9 Å². The van der Waals surface area contributed by atoms with E-state index in [1.54, 1.807) is 0 Å². The number of hydrogen-bond acceptors (Lipinski definition) is 3. The van der Waals surface area contributed by atoms with Crippen molar-refractivity contribution in [2.24, 2.45) is 11.7 Å². The zero-order valence-electron chi connectivity index (χ0n) is 8.29. The molecule has 1 saturated carbocycles. The van der Waals surface area contributed by atoms with E-state index in [4.69, 9.17) is 18.0 Å². The Kier molecular flexibility index (Phi) is 4.68. The van der Waals surface area contributed by atoms with Crippen molar-refractivity contribution < 1.29 is 4.79 Å². The van der Waals surface area contributed by atoms with E-state index in [9.17, 15) is 4.79 Å². The minimum Gasteiger partial charge on any atom is -0.393 e. The first-order valence-electron chi connectivity index (χ1n) is 4.72. The molecule has 2 atom stereocenters. The van der Waals surface area contributed by atoms with E-state index in [1.165, 1.54) is 11.8 Å². The SMILES string of the molecule is CSCC(=O)NC1CCCC1C(N)=S. The van der Waals surface area contributed by atoms with Crippen LogP contribution in [0.1, 0.15) is 19.3 Å². The summed E-state index contributed by atoms with van der Waals surface area (Å²) in [6.07, 6.45) is 5.03. The van der Waals surface area contributed by atoms with Crippen LogP contribution >= 0.6 is 24.0 Å². The molecule has 0 bridgehead atoms. The molecule has 80 valence electrons. The minimum absolute atomic E-state index is 0.0886. The lowest BCUT2D eigenvalue weighted by atomic mass is 10.0. The maximum atomic E-state index is 11.4. The van der Waals surface area contributed by atoms with E-state index in [1.807, 2.05) is 6.26 Å². The van der Waals surface area contributed by atoms with Gasteiger partial charge in [0.25, 0.3) is 0 Å². The fraction of sp³-hybridized carbons (Fsp3) is 0.778. The molecular weight excluding hydrogens is 216 g/mol. The number of nitrogens with two attached hydrogens (primary N) is 1. The number of nitrogens with one attached hydrogen (secondary N) is 1. The molecule has 14 heavy (non-hydrogen) atoms. The Hall–Kier alpha value is -0.290. The Morgan fingerprint density at radius 2 is 2.36 bits per heavy atom. The van der Waals surface area contributed by atoms with Gasteiger partial charge in [-0.05, 0) is 19.1 Å². The van der Waals surface area contributed by atoms with Crippen molar-refractivity contribution in [3.63, 3.8) is 0 Å². The van der Waals surface area contributed by atoms with Crippen molar-refractivity contribution >= 4 is 34.9 Å². The Bertz CT molecular complexity index is 233. The Balaban J connectivity index is 2.43. The second-order valence-electron chi connectivity index (χ2n) is 3.55. The smallest absolute Gasteiger partial charge is 0.230 e. The highest BCUT2D eigenvalue weighted by molar-refractivity contribution is 7.99. The summed E-state index contributed by atoms with van der Waals surface area (Å²) >= 11 is 6.50. The summed E-state index contributed by atoms with van der Waals surface area (Å²) < 4.78 is 0. The van der Waals surface area contributed by atoms with Gasteiger partial charge >= 0.3 is 0 Å². The van der Waals surface area contributed by atoms with Crippen LogP contribution in [0.3, 0.4) is 0 Å². The lowest BCUT2D eigenvalue weighted by Gasteiger charge is -2.19. The summed E-state index contributed by atoms with van der Waals surface area (Å²) in [4.78, 5) is 11.9. The van der Waals surface area contributed by atoms with Crippen LogP contribution in [0.4, 0.5) is 0 Å². The van der Waals surface area contributed by atoms with Crippen LogP contribution in [-0.2, 0) is 4.79 Å². The molecule has 0 spiro atoms. The fourth-order valence-electron chi connectivity index (χ4n) is 1.85. The highest BCUT2D eigenvalue weighted by Gasteiger charge is 2.30. The van der Waals surface area contributed by atoms with Gasteiger partial charge in [-0.15, -0.1) is 0 Å². The van der Waals surface area contributed by atoms with Gasteiger partial charge in [-0.2, -0.15) is 11.8 Å². The molecule has 3 nitrogen and oxygen atoms in total. The van der Waals surface area contributed by atoms with Crippen LogP contribution in [0.2, 0.25) is 0 Å². The van der Waals surface area contributed by atoms with E-state index in [0.29, 0.717) is 10.7 Å². The summed E-state index contributed by atoms with van der Waals surface area (Å²) in [5.41, 5.74) is 5.61. The molecule has 1 amide bonds. The largest absolute Gasteiger partial charge is 0.393 e. The maximum absolute atomic E-state index is 11.4. The van der Waals surface area contributed by atoms with Gasteiger partial charge in [0.15, 0.2) is 0 Å². The van der Waals surface area contributed by atoms with Crippen molar-refractivity contribution in [3.05, 3.63) is 0 Å². The molecule has 0 aromatic heterocycles. The minimum atomic E-state index is 0.0886. The molecule has 0 aromatic rings. The average molecular weight is 232 g/mol. The van der Waals surface area contributed by atoms with Crippen molar-refractivity contribution in [1.82, 2.24) is 5.32 Å². The number of thiocarbonyl (C=S) groups is 1. The number of thioether (sulfide) groups is 1. The topological polar surface area (TPSA) is 55.1 Å². The van der Waals surface area contributed by atoms with Crippen LogP contribution < -0.4 is 11.1 Å². The van der Waals surface area contributed by atoms with Gasteiger partial charge in [0, 0.05) is 12.0 Å². The van der Waals surface area contributed by atoms with Gasteiger partial charge in [0.1, 0.15) is 0 Å². The summed E-state index contributed by atoms with van der Waals surface area (Å²) in [6.45, 7) is 0. The van der Waals surface area contributed by atoms with Crippen molar-refractivity contribution in [1.29, 1.82) is 0 Å². The van der Waals surface area contributed by atoms with Gasteiger partial charge in [-0.3, -0.25) is 4.79 Å². The third-order valence-corrected chi connectivity index (χ3v) is 3.36. The fourth-order valence-corrected chi connectivity index (χ4v) is 2.48. The lowest BCUT2D eigenvalue weighted by molar-refractivity contribution is -0.119. The monoisotopic (exact) mass is 232 g/mol. The van der Waals surface area contributed by atoms with E-state index < -0.39 is 0 Å². The number of amides is 1. The summed E-state index contributed by atoms with van der Waals surface area (Å²) in [6, 6.07) is 0.173. The first-order chi connectivity index (χ1) is 6.65. The van der Waals surface area contributed by atoms with Gasteiger partial charge in [-0.1, -0.05) is 18.6 Å². The molecule has 0 aliphatic heterocycles. The predicted octanol–water partition coefficient (Wildman–Crippen LogP) is 0.920. The van der Waals surface area contributed by atoms with Crippen molar-refractivity contribution in [2.45, 2.75) is 25.3 Å². The standard InChI is InChI=1S/C9H16N2OS2/c1-14-5-8(12)11-7-4-2-3-6(7)9(10)13/h6-7H,2-5H2,1H3,(H2,10,13)(H,11,12). The highest BCUT2D eigenvalue weighted by atomic mass is 32.2. The average Bonchev–Trinajstić information content (AvgIpc) is 2.52. The number of carbonyl (C=O) groups is 1. The number of carbonyl (C=O) groups excluding carboxylic acids is 1. The third-order valence-electron chi connectivity index (χ3n) is 2.50. The van der Waals surface area contributed by atoms with Crippen LogP contribution in [0.5, 0.6) is 0 Å². The Morgan fingerprint density at radius 3 is 2.93 bits per heavy atom. The van der Waals surface area contributed by atoms with Crippen LogP contribution in [0.25, 0.3) is 0 Å². The predicted molar refractivity (Wildman–Crippen MR) is 64.4 cm³/mol. The van der Waals surface area contributed by atoms with Gasteiger partial charge in [-0.25, -0.2) is 0 Å². The molecule has 1 fully saturated rings. The molecule has 3 N–H and O–H groups in total. The highest BCUT2D eigenvalue weighted by Crippen LogP contribution is 2.25. The van der Waals surface area contributed by atoms with Crippen LogP contribution in [-0.4, -0.2) is 28.9 Å². The molecule has 0 heterocycles. The molecule has 0 aromatic carbocycles. The van der Waals surface area contributed by atoms with Crippen molar-refractivity contribution in [2.75, 3.05) is 12.0 Å².